The Bertz CT molecular complexity index is 1340. The second kappa shape index (κ2) is 12.1. The first-order chi connectivity index (χ1) is 18.0. The molecular formula is C28H30N4O5. The first-order valence-electron chi connectivity index (χ1n) is 12.3. The minimum absolute atomic E-state index is 0.0745. The molecule has 1 amide bonds. The number of carboxylic acids is 1. The second-order valence-corrected chi connectivity index (χ2v) is 8.58. The van der Waals surface area contributed by atoms with Gasteiger partial charge in [-0.05, 0) is 36.6 Å². The fraction of sp³-hybridized carbons (Fsp3) is 0.286. The van der Waals surface area contributed by atoms with Gasteiger partial charge in [0.1, 0.15) is 5.69 Å². The van der Waals surface area contributed by atoms with E-state index in [1.54, 1.807) is 28.9 Å². The molecule has 0 unspecified atom stereocenters. The predicted octanol–water partition coefficient (Wildman–Crippen LogP) is 5.04. The molecule has 0 spiro atoms. The molecule has 0 aliphatic heterocycles. The normalized spacial score (nSPS) is 11.1. The van der Waals surface area contributed by atoms with Gasteiger partial charge in [-0.2, -0.15) is 5.10 Å². The van der Waals surface area contributed by atoms with Crippen molar-refractivity contribution >= 4 is 11.9 Å². The maximum absolute atomic E-state index is 13.2. The summed E-state index contributed by atoms with van der Waals surface area (Å²) in [5.74, 6) is -1.41. The Morgan fingerprint density at radius 3 is 2.51 bits per heavy atom. The number of ether oxygens (including phenoxy) is 1. The summed E-state index contributed by atoms with van der Waals surface area (Å²) in [7, 11) is 0. The highest BCUT2D eigenvalue weighted by atomic mass is 16.5. The summed E-state index contributed by atoms with van der Waals surface area (Å²) in [5, 5.41) is 16.9. The fourth-order valence-electron chi connectivity index (χ4n) is 3.90. The van der Waals surface area contributed by atoms with Crippen molar-refractivity contribution in [1.29, 1.82) is 0 Å². The second-order valence-electron chi connectivity index (χ2n) is 8.58. The van der Waals surface area contributed by atoms with Gasteiger partial charge in [0.2, 0.25) is 11.7 Å². The molecule has 0 atom stereocenters. The number of benzene rings is 2. The van der Waals surface area contributed by atoms with Crippen molar-refractivity contribution in [3.8, 4) is 22.7 Å². The molecule has 0 aliphatic rings. The first kappa shape index (κ1) is 25.8. The summed E-state index contributed by atoms with van der Waals surface area (Å²) in [4.78, 5) is 28.4. The lowest BCUT2D eigenvalue weighted by atomic mass is 10.1. The number of carbonyl (C=O) groups excluding carboxylic acids is 1. The molecule has 0 bridgehead atoms. The third-order valence-electron chi connectivity index (χ3n) is 6.01. The number of carboxylic acid groups (broad SMARTS) is 1. The topological polar surface area (TPSA) is 119 Å². The van der Waals surface area contributed by atoms with Crippen LogP contribution in [-0.2, 0) is 17.9 Å². The van der Waals surface area contributed by atoms with E-state index in [2.05, 4.69) is 10.3 Å². The van der Waals surface area contributed by atoms with Crippen LogP contribution in [0.25, 0.3) is 22.7 Å². The highest BCUT2D eigenvalue weighted by Gasteiger charge is 2.19. The van der Waals surface area contributed by atoms with Crippen LogP contribution in [0.1, 0.15) is 53.3 Å². The fourth-order valence-corrected chi connectivity index (χ4v) is 3.90. The van der Waals surface area contributed by atoms with Gasteiger partial charge >= 0.3 is 5.97 Å². The highest BCUT2D eigenvalue weighted by Crippen LogP contribution is 2.26. The van der Waals surface area contributed by atoms with Gasteiger partial charge in [-0.25, -0.2) is 9.78 Å². The molecule has 0 saturated carbocycles. The molecule has 37 heavy (non-hydrogen) atoms. The van der Waals surface area contributed by atoms with Gasteiger partial charge in [0.25, 0.3) is 5.91 Å². The molecule has 4 rings (SSSR count). The summed E-state index contributed by atoms with van der Waals surface area (Å²) < 4.78 is 12.8. The van der Waals surface area contributed by atoms with E-state index in [4.69, 9.17) is 19.4 Å². The molecule has 192 valence electrons. The first-order valence-corrected chi connectivity index (χ1v) is 12.3. The molecule has 0 fully saturated rings. The average molecular weight is 503 g/mol. The third kappa shape index (κ3) is 6.50. The smallest absolute Gasteiger partial charge is 0.373 e. The maximum Gasteiger partial charge on any atom is 0.373 e. The maximum atomic E-state index is 13.2. The molecule has 2 aromatic heterocycles. The molecule has 2 heterocycles. The van der Waals surface area contributed by atoms with Crippen molar-refractivity contribution in [2.75, 3.05) is 6.61 Å². The Morgan fingerprint density at radius 1 is 1.05 bits per heavy atom. The van der Waals surface area contributed by atoms with E-state index in [-0.39, 0.29) is 23.6 Å². The molecule has 2 aromatic carbocycles. The van der Waals surface area contributed by atoms with Crippen molar-refractivity contribution in [3.63, 3.8) is 0 Å². The van der Waals surface area contributed by atoms with E-state index in [1.165, 1.54) is 6.20 Å². The quantitative estimate of drug-likeness (QED) is 0.261. The molecular weight excluding hydrogens is 472 g/mol. The zero-order chi connectivity index (χ0) is 26.2. The van der Waals surface area contributed by atoms with Crippen LogP contribution in [0.15, 0.2) is 71.3 Å². The van der Waals surface area contributed by atoms with E-state index in [0.29, 0.717) is 36.7 Å². The SMILES string of the molecule is CCC(CC)NC(=O)c1cc(-c2cccc(-c3ncc(C(=O)O)o3)c2)nn1CCOCc1ccccc1. The lowest BCUT2D eigenvalue weighted by Crippen LogP contribution is -2.35. The van der Waals surface area contributed by atoms with Crippen molar-refractivity contribution in [2.24, 2.45) is 0 Å². The number of oxazole rings is 1. The summed E-state index contributed by atoms with van der Waals surface area (Å²) in [6, 6.07) is 19.0. The summed E-state index contributed by atoms with van der Waals surface area (Å²) >= 11 is 0. The van der Waals surface area contributed by atoms with Gasteiger partial charge in [-0.3, -0.25) is 9.48 Å². The number of amides is 1. The van der Waals surface area contributed by atoms with Crippen LogP contribution >= 0.6 is 0 Å². The number of nitrogens with zero attached hydrogens (tertiary/aromatic N) is 3. The lowest BCUT2D eigenvalue weighted by molar-refractivity contribution is 0.0663. The third-order valence-corrected chi connectivity index (χ3v) is 6.01. The molecule has 0 aliphatic carbocycles. The molecule has 4 aromatic rings. The van der Waals surface area contributed by atoms with Crippen LogP contribution in [0.5, 0.6) is 0 Å². The largest absolute Gasteiger partial charge is 0.475 e. The molecule has 9 nitrogen and oxygen atoms in total. The van der Waals surface area contributed by atoms with Crippen molar-refractivity contribution in [2.45, 2.75) is 45.9 Å². The minimum Gasteiger partial charge on any atom is -0.475 e. The van der Waals surface area contributed by atoms with Crippen LogP contribution in [0.4, 0.5) is 0 Å². The number of rotatable bonds is 12. The molecule has 0 saturated heterocycles. The van der Waals surface area contributed by atoms with E-state index >= 15 is 0 Å². The monoisotopic (exact) mass is 502 g/mol. The van der Waals surface area contributed by atoms with Gasteiger partial charge in [0, 0.05) is 17.2 Å². The zero-order valence-electron chi connectivity index (χ0n) is 20.9. The number of hydrogen-bond donors (Lipinski definition) is 2. The van der Waals surface area contributed by atoms with Crippen LogP contribution in [0.3, 0.4) is 0 Å². The van der Waals surface area contributed by atoms with Crippen LogP contribution in [-0.4, -0.2) is 44.4 Å². The van der Waals surface area contributed by atoms with Crippen molar-refractivity contribution < 1.29 is 23.8 Å². The van der Waals surface area contributed by atoms with E-state index in [0.717, 1.165) is 24.0 Å². The zero-order valence-corrected chi connectivity index (χ0v) is 20.9. The molecule has 0 radical (unpaired) electrons. The Morgan fingerprint density at radius 2 is 1.81 bits per heavy atom. The average Bonchev–Trinajstić information content (AvgIpc) is 3.59. The van der Waals surface area contributed by atoms with Gasteiger partial charge in [0.15, 0.2) is 0 Å². The minimum atomic E-state index is -1.18. The van der Waals surface area contributed by atoms with Gasteiger partial charge < -0.3 is 19.6 Å². The van der Waals surface area contributed by atoms with Gasteiger partial charge in [-0.15, -0.1) is 0 Å². The van der Waals surface area contributed by atoms with E-state index in [9.17, 15) is 9.59 Å². The Labute approximate surface area is 215 Å². The number of hydrogen-bond acceptors (Lipinski definition) is 6. The van der Waals surface area contributed by atoms with Crippen molar-refractivity contribution in [3.05, 3.63) is 83.9 Å². The van der Waals surface area contributed by atoms with E-state index in [1.807, 2.05) is 50.2 Å². The van der Waals surface area contributed by atoms with Crippen molar-refractivity contribution in [1.82, 2.24) is 20.1 Å². The van der Waals surface area contributed by atoms with Crippen LogP contribution < -0.4 is 5.32 Å². The van der Waals surface area contributed by atoms with Gasteiger partial charge in [-0.1, -0.05) is 56.3 Å². The summed E-state index contributed by atoms with van der Waals surface area (Å²) in [6.45, 7) is 5.34. The number of nitrogens with one attached hydrogen (secondary N) is 1. The Hall–Kier alpha value is -4.24. The lowest BCUT2D eigenvalue weighted by Gasteiger charge is -2.15. The molecule has 9 heteroatoms. The summed E-state index contributed by atoms with van der Waals surface area (Å²) in [6.07, 6.45) is 2.84. The summed E-state index contributed by atoms with van der Waals surface area (Å²) in [5.41, 5.74) is 3.47. The number of aromatic carboxylic acids is 1. The molecule has 2 N–H and O–H groups in total. The van der Waals surface area contributed by atoms with Crippen LogP contribution in [0, 0.1) is 0 Å². The van der Waals surface area contributed by atoms with Crippen LogP contribution in [0.2, 0.25) is 0 Å². The number of carbonyl (C=O) groups is 2. The standard InChI is InChI=1S/C28H30N4O5/c1-3-22(4-2)30-26(33)24-16-23(31-32(24)13-14-36-18-19-9-6-5-7-10-19)20-11-8-12-21(15-20)27-29-17-25(37-27)28(34)35/h5-12,15-17,22H,3-4,13-14,18H2,1-2H3,(H,30,33)(H,34,35). The Kier molecular flexibility index (Phi) is 8.48. The Balaban J connectivity index is 1.57. The highest BCUT2D eigenvalue weighted by molar-refractivity contribution is 5.94. The van der Waals surface area contributed by atoms with Gasteiger partial charge in [0.05, 0.1) is 31.6 Å². The van der Waals surface area contributed by atoms with E-state index < -0.39 is 5.97 Å². The number of aromatic nitrogens is 3. The predicted molar refractivity (Wildman–Crippen MR) is 138 cm³/mol.